The van der Waals surface area contributed by atoms with Crippen LogP contribution in [0.15, 0.2) is 17.1 Å². The van der Waals surface area contributed by atoms with Crippen molar-refractivity contribution in [1.82, 2.24) is 9.80 Å². The molecule has 1 saturated heterocycles. The molecule has 1 aromatic carbocycles. The first-order valence-electron chi connectivity index (χ1n) is 9.71. The summed E-state index contributed by atoms with van der Waals surface area (Å²) in [6.45, 7) is 4.23. The molecule has 1 fully saturated rings. The second kappa shape index (κ2) is 9.37. The van der Waals surface area contributed by atoms with Crippen molar-refractivity contribution in [2.24, 2.45) is 4.99 Å². The zero-order chi connectivity index (χ0) is 23.4. The maximum atomic E-state index is 14.8. The minimum absolute atomic E-state index is 0.0123. The van der Waals surface area contributed by atoms with Crippen LogP contribution in [-0.2, 0) is 4.74 Å². The van der Waals surface area contributed by atoms with Crippen LogP contribution in [0.5, 0.6) is 11.5 Å². The Bertz CT molecular complexity index is 875. The number of methoxy groups -OCH3 is 1. The van der Waals surface area contributed by atoms with Gasteiger partial charge < -0.3 is 24.0 Å². The largest absolute Gasteiger partial charge is 0.493 e. The molecule has 10 heteroatoms. The average molecular weight is 438 g/mol. The fourth-order valence-electron chi connectivity index (χ4n) is 2.88. The standard InChI is InChI=1S/C21H28F2N4O4/c1-20(2,3)31-19(28)27-8-7-18(21(22,23)12-27)30-17-9-14(11-24)15(10-16(17)29-6)25-13-26(4)5/h9-10,13,18H,7-8,12H2,1-6H3/b25-13-. The van der Waals surface area contributed by atoms with E-state index in [0.717, 1.165) is 4.90 Å². The number of benzene rings is 1. The van der Waals surface area contributed by atoms with E-state index in [2.05, 4.69) is 4.99 Å². The van der Waals surface area contributed by atoms with Crippen molar-refractivity contribution in [3.63, 3.8) is 0 Å². The van der Waals surface area contributed by atoms with Crippen LogP contribution in [0, 0.1) is 11.3 Å². The summed E-state index contributed by atoms with van der Waals surface area (Å²) in [6.07, 6.45) is -0.894. The number of rotatable bonds is 5. The molecule has 1 amide bonds. The number of piperidine rings is 1. The Balaban J connectivity index is 2.22. The molecule has 2 rings (SSSR count). The van der Waals surface area contributed by atoms with Crippen molar-refractivity contribution in [3.05, 3.63) is 17.7 Å². The molecular weight excluding hydrogens is 410 g/mol. The molecule has 1 unspecified atom stereocenters. The predicted molar refractivity (Wildman–Crippen MR) is 111 cm³/mol. The first-order chi connectivity index (χ1) is 14.4. The number of alkyl halides is 2. The highest BCUT2D eigenvalue weighted by molar-refractivity contribution is 5.69. The predicted octanol–water partition coefficient (Wildman–Crippen LogP) is 3.81. The lowest BCUT2D eigenvalue weighted by molar-refractivity contribution is -0.137. The van der Waals surface area contributed by atoms with Gasteiger partial charge in [0.05, 0.1) is 31.2 Å². The van der Waals surface area contributed by atoms with Crippen molar-refractivity contribution in [2.45, 2.75) is 44.8 Å². The highest BCUT2D eigenvalue weighted by Crippen LogP contribution is 2.39. The number of hydrogen-bond donors (Lipinski definition) is 0. The first-order valence-corrected chi connectivity index (χ1v) is 9.71. The number of nitriles is 1. The summed E-state index contributed by atoms with van der Waals surface area (Å²) in [5, 5.41) is 9.43. The molecule has 8 nitrogen and oxygen atoms in total. The van der Waals surface area contributed by atoms with Crippen LogP contribution in [-0.4, -0.2) is 74.2 Å². The number of carbonyl (C=O) groups is 1. The third-order valence-electron chi connectivity index (χ3n) is 4.29. The van der Waals surface area contributed by atoms with Gasteiger partial charge in [-0.3, -0.25) is 0 Å². The van der Waals surface area contributed by atoms with Gasteiger partial charge in [-0.1, -0.05) is 0 Å². The Kier molecular flexibility index (Phi) is 7.31. The topological polar surface area (TPSA) is 87.4 Å². The van der Waals surface area contributed by atoms with Crippen LogP contribution in [0.4, 0.5) is 19.3 Å². The quantitative estimate of drug-likeness (QED) is 0.513. The highest BCUT2D eigenvalue weighted by atomic mass is 19.3. The third-order valence-corrected chi connectivity index (χ3v) is 4.29. The smallest absolute Gasteiger partial charge is 0.410 e. The normalized spacial score (nSPS) is 18.4. The summed E-state index contributed by atoms with van der Waals surface area (Å²) in [4.78, 5) is 19.0. The maximum Gasteiger partial charge on any atom is 0.410 e. The number of nitrogens with zero attached hydrogens (tertiary/aromatic N) is 4. The molecule has 0 N–H and O–H groups in total. The van der Waals surface area contributed by atoms with Crippen molar-refractivity contribution in [3.8, 4) is 17.6 Å². The van der Waals surface area contributed by atoms with E-state index in [0.29, 0.717) is 5.69 Å². The van der Waals surface area contributed by atoms with E-state index in [4.69, 9.17) is 14.2 Å². The van der Waals surface area contributed by atoms with Crippen molar-refractivity contribution < 1.29 is 27.8 Å². The van der Waals surface area contributed by atoms with Gasteiger partial charge in [-0.2, -0.15) is 5.26 Å². The Morgan fingerprint density at radius 1 is 1.35 bits per heavy atom. The fourth-order valence-corrected chi connectivity index (χ4v) is 2.88. The third kappa shape index (κ3) is 6.44. The van der Waals surface area contributed by atoms with Crippen molar-refractivity contribution in [2.75, 3.05) is 34.3 Å². The van der Waals surface area contributed by atoms with Gasteiger partial charge in [-0.05, 0) is 20.8 Å². The SMILES string of the molecule is COc1cc(/N=C\N(C)C)c(C#N)cc1OC1CCN(C(=O)OC(C)(C)C)CC1(F)F. The molecule has 1 aliphatic rings. The molecule has 0 aromatic heterocycles. The van der Waals surface area contributed by atoms with Crippen molar-refractivity contribution in [1.29, 1.82) is 5.26 Å². The van der Waals surface area contributed by atoms with Gasteiger partial charge >= 0.3 is 12.0 Å². The Labute approximate surface area is 181 Å². The molecule has 0 saturated carbocycles. The van der Waals surface area contributed by atoms with Crippen LogP contribution in [0.25, 0.3) is 0 Å². The summed E-state index contributed by atoms with van der Waals surface area (Å²) in [7, 11) is 4.92. The second-order valence-electron chi connectivity index (χ2n) is 8.40. The monoisotopic (exact) mass is 438 g/mol. The molecule has 31 heavy (non-hydrogen) atoms. The van der Waals surface area contributed by atoms with E-state index in [1.54, 1.807) is 39.8 Å². The lowest BCUT2D eigenvalue weighted by atomic mass is 10.0. The summed E-state index contributed by atoms with van der Waals surface area (Å²) in [6, 6.07) is 4.78. The number of amides is 1. The number of hydrogen-bond acceptors (Lipinski definition) is 6. The molecule has 1 aromatic rings. The summed E-state index contributed by atoms with van der Waals surface area (Å²) < 4.78 is 45.6. The van der Waals surface area contributed by atoms with Gasteiger partial charge in [-0.25, -0.2) is 18.6 Å². The van der Waals surface area contributed by atoms with Crippen LogP contribution < -0.4 is 9.47 Å². The molecule has 0 spiro atoms. The van der Waals surface area contributed by atoms with E-state index < -0.39 is 30.3 Å². The van der Waals surface area contributed by atoms with E-state index in [9.17, 15) is 18.8 Å². The molecule has 0 bridgehead atoms. The van der Waals surface area contributed by atoms with Crippen LogP contribution in [0.3, 0.4) is 0 Å². The molecule has 0 aliphatic carbocycles. The molecule has 0 radical (unpaired) electrons. The molecule has 1 aliphatic heterocycles. The number of ether oxygens (including phenoxy) is 3. The van der Waals surface area contributed by atoms with Crippen LogP contribution in [0.1, 0.15) is 32.8 Å². The Hall–Kier alpha value is -3.09. The van der Waals surface area contributed by atoms with Gasteiger partial charge in [-0.15, -0.1) is 0 Å². The highest BCUT2D eigenvalue weighted by Gasteiger charge is 2.48. The summed E-state index contributed by atoms with van der Waals surface area (Å²) >= 11 is 0. The van der Waals surface area contributed by atoms with Gasteiger partial charge in [0.1, 0.15) is 11.7 Å². The van der Waals surface area contributed by atoms with Gasteiger partial charge in [0.2, 0.25) is 0 Å². The van der Waals surface area contributed by atoms with Gasteiger partial charge in [0.25, 0.3) is 0 Å². The number of carbonyl (C=O) groups excluding carboxylic acids is 1. The summed E-state index contributed by atoms with van der Waals surface area (Å²) in [5.74, 6) is -3.14. The Morgan fingerprint density at radius 2 is 2.03 bits per heavy atom. The summed E-state index contributed by atoms with van der Waals surface area (Å²) in [5.41, 5.74) is -0.298. The fraction of sp³-hybridized carbons (Fsp3) is 0.571. The van der Waals surface area contributed by atoms with Crippen molar-refractivity contribution >= 4 is 18.1 Å². The van der Waals surface area contributed by atoms with Gasteiger partial charge in [0.15, 0.2) is 17.6 Å². The zero-order valence-corrected chi connectivity index (χ0v) is 18.6. The van der Waals surface area contributed by atoms with E-state index in [1.807, 2.05) is 6.07 Å². The molecule has 170 valence electrons. The molecule has 1 heterocycles. The number of aliphatic imine (C=N–C) groups is 1. The van der Waals surface area contributed by atoms with Gasteiger partial charge in [0, 0.05) is 39.2 Å². The minimum atomic E-state index is -3.32. The maximum absolute atomic E-state index is 14.8. The average Bonchev–Trinajstić information content (AvgIpc) is 2.66. The molecule has 1 atom stereocenters. The first kappa shape index (κ1) is 24.2. The minimum Gasteiger partial charge on any atom is -0.493 e. The van der Waals surface area contributed by atoms with E-state index in [-0.39, 0.29) is 30.0 Å². The number of likely N-dealkylation sites (tertiary alicyclic amines) is 1. The molecular formula is C21H28F2N4O4. The lowest BCUT2D eigenvalue weighted by Gasteiger charge is -2.38. The lowest BCUT2D eigenvalue weighted by Crippen LogP contribution is -2.56. The van der Waals surface area contributed by atoms with E-state index in [1.165, 1.54) is 25.6 Å². The zero-order valence-electron chi connectivity index (χ0n) is 18.6. The van der Waals surface area contributed by atoms with Crippen LogP contribution >= 0.6 is 0 Å². The Morgan fingerprint density at radius 3 is 2.55 bits per heavy atom. The van der Waals surface area contributed by atoms with E-state index >= 15 is 0 Å². The van der Waals surface area contributed by atoms with Crippen LogP contribution in [0.2, 0.25) is 0 Å². The second-order valence-corrected chi connectivity index (χ2v) is 8.40. The number of halogens is 2.